The SMILES string of the molecule is O=C(CCCP(=O)(c1ccccc1)c1ccccc1)OCc1ccccc1. The van der Waals surface area contributed by atoms with Crippen LogP contribution >= 0.6 is 7.14 Å². The van der Waals surface area contributed by atoms with Gasteiger partial charge in [-0.2, -0.15) is 0 Å². The van der Waals surface area contributed by atoms with Crippen LogP contribution in [0.4, 0.5) is 0 Å². The second-order valence-corrected chi connectivity index (χ2v) is 9.34. The van der Waals surface area contributed by atoms with Gasteiger partial charge in [-0.05, 0) is 12.0 Å². The summed E-state index contributed by atoms with van der Waals surface area (Å²) in [5.74, 6) is -0.258. The van der Waals surface area contributed by atoms with Crippen LogP contribution in [0.15, 0.2) is 91.0 Å². The lowest BCUT2D eigenvalue weighted by Gasteiger charge is -2.19. The Balaban J connectivity index is 1.62. The third-order valence-corrected chi connectivity index (χ3v) is 7.65. The fraction of sp³-hybridized carbons (Fsp3) is 0.174. The Hall–Kier alpha value is -2.64. The second kappa shape index (κ2) is 9.34. The molecule has 4 heteroatoms. The molecule has 3 rings (SSSR count). The molecule has 0 aliphatic rings. The first-order valence-electron chi connectivity index (χ1n) is 9.08. The molecule has 0 atom stereocenters. The monoisotopic (exact) mass is 378 g/mol. The molecule has 0 unspecified atom stereocenters. The van der Waals surface area contributed by atoms with E-state index in [0.29, 0.717) is 12.6 Å². The first kappa shape index (κ1) is 19.1. The molecule has 0 saturated carbocycles. The van der Waals surface area contributed by atoms with Crippen molar-refractivity contribution in [2.24, 2.45) is 0 Å². The van der Waals surface area contributed by atoms with E-state index >= 15 is 0 Å². The summed E-state index contributed by atoms with van der Waals surface area (Å²) in [5, 5.41) is 1.66. The number of esters is 1. The van der Waals surface area contributed by atoms with Gasteiger partial charge in [0, 0.05) is 23.2 Å². The predicted octanol–water partition coefficient (Wildman–Crippen LogP) is 4.52. The second-order valence-electron chi connectivity index (χ2n) is 6.38. The molecule has 3 nitrogen and oxygen atoms in total. The lowest BCUT2D eigenvalue weighted by atomic mass is 10.2. The summed E-state index contributed by atoms with van der Waals surface area (Å²) in [6, 6.07) is 28.7. The molecule has 27 heavy (non-hydrogen) atoms. The normalized spacial score (nSPS) is 11.1. The molecular weight excluding hydrogens is 355 g/mol. The Labute approximate surface area is 160 Å². The smallest absolute Gasteiger partial charge is 0.306 e. The van der Waals surface area contributed by atoms with Crippen molar-refractivity contribution < 1.29 is 14.1 Å². The van der Waals surface area contributed by atoms with Gasteiger partial charge in [0.05, 0.1) is 0 Å². The lowest BCUT2D eigenvalue weighted by Crippen LogP contribution is -2.19. The van der Waals surface area contributed by atoms with E-state index in [0.717, 1.165) is 16.2 Å². The van der Waals surface area contributed by atoms with Gasteiger partial charge >= 0.3 is 5.97 Å². The van der Waals surface area contributed by atoms with Crippen LogP contribution in [0.1, 0.15) is 18.4 Å². The molecule has 0 fully saturated rings. The molecule has 0 aromatic heterocycles. The molecule has 138 valence electrons. The highest BCUT2D eigenvalue weighted by Gasteiger charge is 2.26. The largest absolute Gasteiger partial charge is 0.461 e. The van der Waals surface area contributed by atoms with Crippen molar-refractivity contribution in [1.82, 2.24) is 0 Å². The van der Waals surface area contributed by atoms with E-state index in [9.17, 15) is 9.36 Å². The number of hydrogen-bond donors (Lipinski definition) is 0. The van der Waals surface area contributed by atoms with Crippen LogP contribution in [-0.2, 0) is 20.7 Å². The van der Waals surface area contributed by atoms with Crippen LogP contribution < -0.4 is 10.6 Å². The third-order valence-electron chi connectivity index (χ3n) is 4.44. The van der Waals surface area contributed by atoms with E-state index in [4.69, 9.17) is 4.74 Å². The van der Waals surface area contributed by atoms with Gasteiger partial charge in [0.25, 0.3) is 0 Å². The third kappa shape index (κ3) is 5.18. The minimum Gasteiger partial charge on any atom is -0.461 e. The number of carbonyl (C=O) groups excluding carboxylic acids is 1. The summed E-state index contributed by atoms with van der Waals surface area (Å²) >= 11 is 0. The topological polar surface area (TPSA) is 43.4 Å². The number of carbonyl (C=O) groups is 1. The van der Waals surface area contributed by atoms with E-state index in [1.54, 1.807) is 0 Å². The Kier molecular flexibility index (Phi) is 6.62. The van der Waals surface area contributed by atoms with Crippen molar-refractivity contribution in [2.45, 2.75) is 19.4 Å². The van der Waals surface area contributed by atoms with E-state index in [1.165, 1.54) is 0 Å². The van der Waals surface area contributed by atoms with Gasteiger partial charge in [-0.15, -0.1) is 0 Å². The number of rotatable bonds is 8. The average molecular weight is 378 g/mol. The summed E-state index contributed by atoms with van der Waals surface area (Å²) < 4.78 is 19.2. The zero-order chi connectivity index (χ0) is 19.0. The average Bonchev–Trinajstić information content (AvgIpc) is 2.74. The Bertz CT molecular complexity index is 849. The molecule has 0 bridgehead atoms. The quantitative estimate of drug-likeness (QED) is 0.427. The summed E-state index contributed by atoms with van der Waals surface area (Å²) in [4.78, 5) is 12.1. The highest BCUT2D eigenvalue weighted by molar-refractivity contribution is 7.78. The summed E-state index contributed by atoms with van der Waals surface area (Å²) in [7, 11) is -2.77. The van der Waals surface area contributed by atoms with Gasteiger partial charge < -0.3 is 9.30 Å². The summed E-state index contributed by atoms with van der Waals surface area (Å²) in [6.45, 7) is 0.273. The molecule has 0 aliphatic carbocycles. The zero-order valence-corrected chi connectivity index (χ0v) is 16.1. The lowest BCUT2D eigenvalue weighted by molar-refractivity contribution is -0.144. The van der Waals surface area contributed by atoms with Crippen molar-refractivity contribution in [3.8, 4) is 0 Å². The maximum atomic E-state index is 13.8. The first-order valence-corrected chi connectivity index (χ1v) is 11.0. The fourth-order valence-corrected chi connectivity index (χ4v) is 5.73. The molecule has 0 radical (unpaired) electrons. The van der Waals surface area contributed by atoms with E-state index in [-0.39, 0.29) is 19.0 Å². The first-order chi connectivity index (χ1) is 13.2. The Morgan fingerprint density at radius 1 is 0.741 bits per heavy atom. The minimum absolute atomic E-state index is 0.258. The van der Waals surface area contributed by atoms with E-state index < -0.39 is 7.14 Å². The fourth-order valence-electron chi connectivity index (χ4n) is 3.00. The molecule has 0 saturated heterocycles. The summed E-state index contributed by atoms with van der Waals surface area (Å²) in [6.07, 6.45) is 1.23. The van der Waals surface area contributed by atoms with Crippen LogP contribution in [0.3, 0.4) is 0 Å². The van der Waals surface area contributed by atoms with Crippen molar-refractivity contribution in [2.75, 3.05) is 6.16 Å². The number of hydrogen-bond acceptors (Lipinski definition) is 3. The van der Waals surface area contributed by atoms with Crippen LogP contribution in [0.25, 0.3) is 0 Å². The van der Waals surface area contributed by atoms with Gasteiger partial charge in [0.2, 0.25) is 0 Å². The van der Waals surface area contributed by atoms with Crippen molar-refractivity contribution >= 4 is 23.7 Å². The van der Waals surface area contributed by atoms with Crippen LogP contribution in [-0.4, -0.2) is 12.1 Å². The van der Waals surface area contributed by atoms with Gasteiger partial charge in [-0.1, -0.05) is 91.0 Å². The maximum absolute atomic E-state index is 13.8. The number of ether oxygens (including phenoxy) is 1. The molecule has 0 aliphatic heterocycles. The van der Waals surface area contributed by atoms with Crippen molar-refractivity contribution in [3.63, 3.8) is 0 Å². The van der Waals surface area contributed by atoms with Gasteiger partial charge in [0.1, 0.15) is 13.7 Å². The molecule has 0 spiro atoms. The van der Waals surface area contributed by atoms with Crippen molar-refractivity contribution in [3.05, 3.63) is 96.6 Å². The maximum Gasteiger partial charge on any atom is 0.306 e. The minimum atomic E-state index is -2.77. The highest BCUT2D eigenvalue weighted by Crippen LogP contribution is 2.44. The Morgan fingerprint density at radius 3 is 1.74 bits per heavy atom. The highest BCUT2D eigenvalue weighted by atomic mass is 31.2. The molecule has 0 amide bonds. The van der Waals surface area contributed by atoms with Crippen LogP contribution in [0, 0.1) is 0 Å². The van der Waals surface area contributed by atoms with Crippen molar-refractivity contribution in [1.29, 1.82) is 0 Å². The summed E-state index contributed by atoms with van der Waals surface area (Å²) in [5.41, 5.74) is 0.963. The Morgan fingerprint density at radius 2 is 1.22 bits per heavy atom. The molecule has 3 aromatic carbocycles. The van der Waals surface area contributed by atoms with Gasteiger partial charge in [-0.3, -0.25) is 4.79 Å². The number of benzene rings is 3. The van der Waals surface area contributed by atoms with Gasteiger partial charge in [-0.25, -0.2) is 0 Å². The predicted molar refractivity (Wildman–Crippen MR) is 110 cm³/mol. The van der Waals surface area contributed by atoms with Gasteiger partial charge in [0.15, 0.2) is 0 Å². The molecular formula is C23H23O3P. The van der Waals surface area contributed by atoms with E-state index in [2.05, 4.69) is 0 Å². The standard InChI is InChI=1S/C23H23O3P/c24-23(26-19-20-11-4-1-5-12-20)17-10-18-27(25,21-13-6-2-7-14-21)22-15-8-3-9-16-22/h1-9,11-16H,10,17-19H2. The zero-order valence-electron chi connectivity index (χ0n) is 15.2. The van der Waals surface area contributed by atoms with Crippen LogP contribution in [0.5, 0.6) is 0 Å². The van der Waals surface area contributed by atoms with E-state index in [1.807, 2.05) is 91.0 Å². The van der Waals surface area contributed by atoms with Crippen LogP contribution in [0.2, 0.25) is 0 Å². The molecule has 0 heterocycles. The molecule has 3 aromatic rings. The molecule has 0 N–H and O–H groups in total.